The summed E-state index contributed by atoms with van der Waals surface area (Å²) in [6, 6.07) is 8.14. The van der Waals surface area contributed by atoms with Crippen LogP contribution in [0, 0.1) is 6.92 Å². The van der Waals surface area contributed by atoms with E-state index >= 15 is 0 Å². The van der Waals surface area contributed by atoms with E-state index < -0.39 is 11.6 Å². The van der Waals surface area contributed by atoms with Crippen molar-refractivity contribution in [2.75, 3.05) is 19.7 Å². The van der Waals surface area contributed by atoms with Crippen molar-refractivity contribution in [2.45, 2.75) is 32.3 Å². The molecule has 0 saturated carbocycles. The van der Waals surface area contributed by atoms with E-state index in [9.17, 15) is 9.59 Å². The molecule has 1 saturated heterocycles. The largest absolute Gasteiger partial charge is 0.480 e. The zero-order valence-electron chi connectivity index (χ0n) is 12.5. The third-order valence-electron chi connectivity index (χ3n) is 3.66. The van der Waals surface area contributed by atoms with Crippen LogP contribution in [0.1, 0.15) is 24.5 Å². The average molecular weight is 291 g/mol. The van der Waals surface area contributed by atoms with Crippen molar-refractivity contribution in [3.63, 3.8) is 0 Å². The summed E-state index contributed by atoms with van der Waals surface area (Å²) in [6.07, 6.45) is 1.20. The molecule has 1 aliphatic heterocycles. The first-order chi connectivity index (χ1) is 9.88. The number of carboxylic acid groups (broad SMARTS) is 1. The van der Waals surface area contributed by atoms with Gasteiger partial charge < -0.3 is 14.7 Å². The van der Waals surface area contributed by atoms with E-state index in [4.69, 9.17) is 9.84 Å². The van der Waals surface area contributed by atoms with Gasteiger partial charge >= 0.3 is 5.97 Å². The topological polar surface area (TPSA) is 66.8 Å². The Balaban J connectivity index is 1.75. The maximum absolute atomic E-state index is 12.1. The van der Waals surface area contributed by atoms with E-state index in [1.807, 2.05) is 32.0 Å². The van der Waals surface area contributed by atoms with Crippen molar-refractivity contribution in [1.29, 1.82) is 0 Å². The highest BCUT2D eigenvalue weighted by Crippen LogP contribution is 2.25. The molecule has 0 spiro atoms. The first kappa shape index (κ1) is 15.5. The summed E-state index contributed by atoms with van der Waals surface area (Å²) in [4.78, 5) is 24.3. The number of hydrogen-bond acceptors (Lipinski definition) is 3. The van der Waals surface area contributed by atoms with Crippen LogP contribution < -0.4 is 0 Å². The number of hydrogen-bond donors (Lipinski definition) is 1. The predicted octanol–water partition coefficient (Wildman–Crippen LogP) is 1.63. The third-order valence-corrected chi connectivity index (χ3v) is 3.66. The molecule has 114 valence electrons. The van der Waals surface area contributed by atoms with E-state index in [1.54, 1.807) is 4.90 Å². The van der Waals surface area contributed by atoms with Gasteiger partial charge in [0.2, 0.25) is 5.91 Å². The zero-order valence-corrected chi connectivity index (χ0v) is 12.5. The van der Waals surface area contributed by atoms with Gasteiger partial charge in [-0.15, -0.1) is 0 Å². The molecule has 0 atom stereocenters. The second-order valence-corrected chi connectivity index (χ2v) is 5.87. The average Bonchev–Trinajstić information content (AvgIpc) is 2.39. The number of carboxylic acids is 1. The lowest BCUT2D eigenvalue weighted by Gasteiger charge is -2.47. The standard InChI is InChI=1S/C16H21NO4/c1-12-4-3-5-13(8-12)6-7-14(18)17-10-16(2,11-17)21-9-15(19)20/h3-5,8H,6-7,9-11H2,1-2H3,(H,19,20). The van der Waals surface area contributed by atoms with Crippen LogP contribution in [0.3, 0.4) is 0 Å². The molecule has 1 fully saturated rings. The van der Waals surface area contributed by atoms with Gasteiger partial charge in [0.15, 0.2) is 0 Å². The molecule has 0 radical (unpaired) electrons. The highest BCUT2D eigenvalue weighted by Gasteiger charge is 2.42. The lowest BCUT2D eigenvalue weighted by Crippen LogP contribution is -2.63. The molecule has 1 amide bonds. The summed E-state index contributed by atoms with van der Waals surface area (Å²) >= 11 is 0. The number of rotatable bonds is 6. The monoisotopic (exact) mass is 291 g/mol. The van der Waals surface area contributed by atoms with Crippen molar-refractivity contribution in [3.8, 4) is 0 Å². The molecular weight excluding hydrogens is 270 g/mol. The smallest absolute Gasteiger partial charge is 0.329 e. The Hall–Kier alpha value is -1.88. The number of benzene rings is 1. The van der Waals surface area contributed by atoms with E-state index in [1.165, 1.54) is 5.56 Å². The Morgan fingerprint density at radius 1 is 1.38 bits per heavy atom. The highest BCUT2D eigenvalue weighted by atomic mass is 16.5. The van der Waals surface area contributed by atoms with Crippen molar-refractivity contribution in [2.24, 2.45) is 0 Å². The summed E-state index contributed by atoms with van der Waals surface area (Å²) in [5.74, 6) is -0.895. The second-order valence-electron chi connectivity index (χ2n) is 5.87. The first-order valence-corrected chi connectivity index (χ1v) is 7.07. The number of ether oxygens (including phenoxy) is 1. The van der Waals surface area contributed by atoms with E-state index in [0.717, 1.165) is 12.0 Å². The minimum Gasteiger partial charge on any atom is -0.480 e. The van der Waals surface area contributed by atoms with E-state index in [2.05, 4.69) is 6.07 Å². The summed E-state index contributed by atoms with van der Waals surface area (Å²) in [6.45, 7) is 4.48. The molecule has 2 rings (SSSR count). The Kier molecular flexibility index (Phi) is 4.63. The van der Waals surface area contributed by atoms with Crippen molar-refractivity contribution in [1.82, 2.24) is 4.90 Å². The van der Waals surface area contributed by atoms with Gasteiger partial charge in [-0.3, -0.25) is 4.79 Å². The zero-order chi connectivity index (χ0) is 15.5. The number of carbonyl (C=O) groups is 2. The lowest BCUT2D eigenvalue weighted by molar-refractivity contribution is -0.173. The number of carbonyl (C=O) groups excluding carboxylic acids is 1. The molecule has 1 aromatic carbocycles. The summed E-state index contributed by atoms with van der Waals surface area (Å²) < 4.78 is 5.29. The van der Waals surface area contributed by atoms with Crippen molar-refractivity contribution < 1.29 is 19.4 Å². The van der Waals surface area contributed by atoms with Gasteiger partial charge in [-0.05, 0) is 25.8 Å². The van der Waals surface area contributed by atoms with Gasteiger partial charge in [-0.1, -0.05) is 29.8 Å². The molecule has 21 heavy (non-hydrogen) atoms. The van der Waals surface area contributed by atoms with E-state index in [0.29, 0.717) is 19.5 Å². The van der Waals surface area contributed by atoms with Gasteiger partial charge in [-0.2, -0.15) is 0 Å². The molecular formula is C16H21NO4. The van der Waals surface area contributed by atoms with Crippen molar-refractivity contribution in [3.05, 3.63) is 35.4 Å². The normalized spacial score (nSPS) is 16.4. The molecule has 1 N–H and O–H groups in total. The van der Waals surface area contributed by atoms with Gasteiger partial charge in [0, 0.05) is 6.42 Å². The minimum atomic E-state index is -0.986. The van der Waals surface area contributed by atoms with Crippen LogP contribution in [-0.2, 0) is 20.7 Å². The van der Waals surface area contributed by atoms with Crippen LogP contribution in [0.2, 0.25) is 0 Å². The summed E-state index contributed by atoms with van der Waals surface area (Å²) in [5, 5.41) is 8.60. The number of aryl methyl sites for hydroxylation is 2. The molecule has 5 nitrogen and oxygen atoms in total. The Morgan fingerprint density at radius 2 is 2.10 bits per heavy atom. The number of nitrogens with zero attached hydrogens (tertiary/aromatic N) is 1. The SMILES string of the molecule is Cc1cccc(CCC(=O)N2CC(C)(OCC(=O)O)C2)c1. The van der Waals surface area contributed by atoms with Crippen molar-refractivity contribution >= 4 is 11.9 Å². The van der Waals surface area contributed by atoms with Crippen LogP contribution in [-0.4, -0.2) is 47.2 Å². The molecule has 0 aliphatic carbocycles. The minimum absolute atomic E-state index is 0.0907. The van der Waals surface area contributed by atoms with Crippen LogP contribution in [0.15, 0.2) is 24.3 Å². The molecule has 5 heteroatoms. The molecule has 1 heterocycles. The first-order valence-electron chi connectivity index (χ1n) is 7.07. The maximum atomic E-state index is 12.1. The fraction of sp³-hybridized carbons (Fsp3) is 0.500. The highest BCUT2D eigenvalue weighted by molar-refractivity contribution is 5.77. The Bertz CT molecular complexity index is 535. The molecule has 1 aliphatic rings. The quantitative estimate of drug-likeness (QED) is 0.865. The third kappa shape index (κ3) is 4.29. The molecule has 0 bridgehead atoms. The summed E-state index contributed by atoms with van der Waals surface area (Å²) in [5.41, 5.74) is 1.84. The number of likely N-dealkylation sites (tertiary alicyclic amines) is 1. The summed E-state index contributed by atoms with van der Waals surface area (Å²) in [7, 11) is 0. The van der Waals surface area contributed by atoms with Gasteiger partial charge in [0.25, 0.3) is 0 Å². The maximum Gasteiger partial charge on any atom is 0.329 e. The fourth-order valence-electron chi connectivity index (χ4n) is 2.54. The second kappa shape index (κ2) is 6.26. The van der Waals surface area contributed by atoms with Gasteiger partial charge in [-0.25, -0.2) is 4.79 Å². The van der Waals surface area contributed by atoms with Gasteiger partial charge in [0.1, 0.15) is 12.2 Å². The Morgan fingerprint density at radius 3 is 2.71 bits per heavy atom. The number of aliphatic carboxylic acids is 1. The molecule has 0 unspecified atom stereocenters. The van der Waals surface area contributed by atoms with Crippen LogP contribution >= 0.6 is 0 Å². The van der Waals surface area contributed by atoms with Crippen LogP contribution in [0.5, 0.6) is 0 Å². The Labute approximate surface area is 124 Å². The predicted molar refractivity (Wildman–Crippen MR) is 78.1 cm³/mol. The fourth-order valence-corrected chi connectivity index (χ4v) is 2.54. The van der Waals surface area contributed by atoms with E-state index in [-0.39, 0.29) is 12.5 Å². The van der Waals surface area contributed by atoms with Crippen LogP contribution in [0.25, 0.3) is 0 Å². The lowest BCUT2D eigenvalue weighted by atomic mass is 9.95. The molecule has 1 aromatic rings. The van der Waals surface area contributed by atoms with Crippen LogP contribution in [0.4, 0.5) is 0 Å². The van der Waals surface area contributed by atoms with Gasteiger partial charge in [0.05, 0.1) is 13.1 Å². The number of amides is 1. The molecule has 0 aromatic heterocycles.